The first-order valence-electron chi connectivity index (χ1n) is 7.63. The highest BCUT2D eigenvalue weighted by atomic mass is 79.9. The molecule has 0 bridgehead atoms. The second-order valence-corrected chi connectivity index (χ2v) is 6.04. The number of aryl methyl sites for hydroxylation is 2. The number of nitrogens with one attached hydrogen (secondary N) is 1. The molecule has 0 radical (unpaired) electrons. The zero-order chi connectivity index (χ0) is 16.4. The van der Waals surface area contributed by atoms with Gasteiger partial charge in [0.1, 0.15) is 5.69 Å². The van der Waals surface area contributed by atoms with Crippen LogP contribution >= 0.6 is 15.9 Å². The van der Waals surface area contributed by atoms with Crippen molar-refractivity contribution < 1.29 is 4.79 Å². The molecule has 0 saturated carbocycles. The van der Waals surface area contributed by atoms with E-state index in [1.54, 1.807) is 10.9 Å². The van der Waals surface area contributed by atoms with E-state index in [4.69, 9.17) is 0 Å². The molecule has 0 spiro atoms. The van der Waals surface area contributed by atoms with Gasteiger partial charge in [-0.1, -0.05) is 19.1 Å². The largest absolute Gasteiger partial charge is 0.310 e. The van der Waals surface area contributed by atoms with Gasteiger partial charge in [0.25, 0.3) is 5.91 Å². The van der Waals surface area contributed by atoms with E-state index in [2.05, 4.69) is 38.3 Å². The van der Waals surface area contributed by atoms with Gasteiger partial charge in [0.05, 0.1) is 21.7 Å². The van der Waals surface area contributed by atoms with Crippen molar-refractivity contribution in [1.29, 1.82) is 0 Å². The summed E-state index contributed by atoms with van der Waals surface area (Å²) in [6.45, 7) is 5.47. The third-order valence-electron chi connectivity index (χ3n) is 3.64. The Bertz CT molecular complexity index is 851. The van der Waals surface area contributed by atoms with Crippen LogP contribution in [0.4, 0.5) is 5.95 Å². The fraction of sp³-hybridized carbons (Fsp3) is 0.312. The summed E-state index contributed by atoms with van der Waals surface area (Å²) < 4.78 is 4.37. The van der Waals surface area contributed by atoms with Crippen molar-refractivity contribution in [3.05, 3.63) is 40.6 Å². The number of carbonyl (C=O) groups is 1. The molecule has 0 aliphatic heterocycles. The fourth-order valence-corrected chi connectivity index (χ4v) is 3.09. The van der Waals surface area contributed by atoms with Crippen molar-refractivity contribution in [2.24, 2.45) is 0 Å². The third-order valence-corrected chi connectivity index (χ3v) is 4.22. The molecule has 2 heterocycles. The highest BCUT2D eigenvalue weighted by Crippen LogP contribution is 2.22. The van der Waals surface area contributed by atoms with Crippen LogP contribution in [0.3, 0.4) is 0 Å². The van der Waals surface area contributed by atoms with Gasteiger partial charge in [0, 0.05) is 13.1 Å². The number of amides is 1. The molecule has 2 aromatic heterocycles. The van der Waals surface area contributed by atoms with E-state index in [0.29, 0.717) is 22.7 Å². The van der Waals surface area contributed by atoms with Crippen LogP contribution in [-0.4, -0.2) is 25.2 Å². The van der Waals surface area contributed by atoms with Crippen molar-refractivity contribution in [2.45, 2.75) is 33.4 Å². The highest BCUT2D eigenvalue weighted by molar-refractivity contribution is 9.10. The van der Waals surface area contributed by atoms with Crippen LogP contribution in [0.25, 0.3) is 11.0 Å². The Labute approximate surface area is 142 Å². The Kier molecular flexibility index (Phi) is 4.47. The van der Waals surface area contributed by atoms with Crippen molar-refractivity contribution in [3.63, 3.8) is 0 Å². The second-order valence-electron chi connectivity index (χ2n) is 5.19. The molecule has 0 fully saturated rings. The van der Waals surface area contributed by atoms with Gasteiger partial charge in [-0.25, -0.2) is 4.98 Å². The molecule has 3 rings (SSSR count). The predicted octanol–water partition coefficient (Wildman–Crippen LogP) is 3.68. The monoisotopic (exact) mass is 375 g/mol. The van der Waals surface area contributed by atoms with Gasteiger partial charge in [-0.15, -0.1) is 0 Å². The van der Waals surface area contributed by atoms with E-state index in [-0.39, 0.29) is 5.91 Å². The third kappa shape index (κ3) is 2.88. The summed E-state index contributed by atoms with van der Waals surface area (Å²) in [5.41, 5.74) is 2.40. The van der Waals surface area contributed by atoms with Crippen molar-refractivity contribution in [3.8, 4) is 0 Å². The first kappa shape index (κ1) is 15.7. The van der Waals surface area contributed by atoms with Gasteiger partial charge in [0.15, 0.2) is 0 Å². The second kappa shape index (κ2) is 6.54. The SMILES string of the molecule is CCCn1c(NC(=O)c2c(Br)cnn2CC)nc2ccccc21. The van der Waals surface area contributed by atoms with E-state index in [0.717, 1.165) is 24.0 Å². The Morgan fingerprint density at radius 3 is 2.83 bits per heavy atom. The minimum Gasteiger partial charge on any atom is -0.310 e. The molecule has 1 amide bonds. The van der Waals surface area contributed by atoms with Crippen LogP contribution in [0, 0.1) is 0 Å². The van der Waals surface area contributed by atoms with E-state index in [1.807, 2.05) is 35.8 Å². The van der Waals surface area contributed by atoms with Gasteiger partial charge in [-0.3, -0.25) is 14.8 Å². The number of nitrogens with zero attached hydrogens (tertiary/aromatic N) is 4. The molecule has 23 heavy (non-hydrogen) atoms. The summed E-state index contributed by atoms with van der Waals surface area (Å²) in [6.07, 6.45) is 2.59. The molecule has 7 heteroatoms. The zero-order valence-corrected chi connectivity index (χ0v) is 14.7. The molecular formula is C16H18BrN5O. The van der Waals surface area contributed by atoms with Gasteiger partial charge >= 0.3 is 0 Å². The molecule has 1 aromatic carbocycles. The number of halogens is 1. The van der Waals surface area contributed by atoms with E-state index in [9.17, 15) is 4.79 Å². The van der Waals surface area contributed by atoms with Gasteiger partial charge in [0.2, 0.25) is 5.95 Å². The van der Waals surface area contributed by atoms with E-state index < -0.39 is 0 Å². The lowest BCUT2D eigenvalue weighted by Crippen LogP contribution is -2.20. The first-order chi connectivity index (χ1) is 11.2. The Morgan fingerprint density at radius 1 is 1.30 bits per heavy atom. The van der Waals surface area contributed by atoms with Crippen LogP contribution in [0.5, 0.6) is 0 Å². The first-order valence-corrected chi connectivity index (χ1v) is 8.43. The smallest absolute Gasteiger partial charge is 0.277 e. The summed E-state index contributed by atoms with van der Waals surface area (Å²) in [5, 5.41) is 7.10. The Balaban J connectivity index is 1.99. The van der Waals surface area contributed by atoms with Gasteiger partial charge in [-0.2, -0.15) is 5.10 Å². The minimum absolute atomic E-state index is 0.219. The maximum atomic E-state index is 12.7. The maximum absolute atomic E-state index is 12.7. The lowest BCUT2D eigenvalue weighted by molar-refractivity contribution is 0.101. The summed E-state index contributed by atoms with van der Waals surface area (Å²) >= 11 is 3.38. The number of para-hydroxylation sites is 2. The lowest BCUT2D eigenvalue weighted by Gasteiger charge is -2.10. The normalized spacial score (nSPS) is 11.1. The van der Waals surface area contributed by atoms with Gasteiger partial charge < -0.3 is 4.57 Å². The molecule has 0 saturated heterocycles. The average molecular weight is 376 g/mol. The molecule has 6 nitrogen and oxygen atoms in total. The number of anilines is 1. The quantitative estimate of drug-likeness (QED) is 0.739. The number of carbonyl (C=O) groups excluding carboxylic acids is 1. The number of imidazole rings is 1. The van der Waals surface area contributed by atoms with Crippen LogP contribution in [0.15, 0.2) is 34.9 Å². The van der Waals surface area contributed by atoms with Crippen molar-refractivity contribution >= 4 is 38.8 Å². The van der Waals surface area contributed by atoms with Crippen LogP contribution in [0.1, 0.15) is 30.8 Å². The Hall–Kier alpha value is -2.15. The maximum Gasteiger partial charge on any atom is 0.277 e. The molecule has 120 valence electrons. The molecular weight excluding hydrogens is 358 g/mol. The highest BCUT2D eigenvalue weighted by Gasteiger charge is 2.19. The average Bonchev–Trinajstić information content (AvgIpc) is 3.09. The molecule has 1 N–H and O–H groups in total. The number of hydrogen-bond acceptors (Lipinski definition) is 3. The van der Waals surface area contributed by atoms with Crippen LogP contribution in [-0.2, 0) is 13.1 Å². The minimum atomic E-state index is -0.219. The Morgan fingerprint density at radius 2 is 2.09 bits per heavy atom. The zero-order valence-electron chi connectivity index (χ0n) is 13.1. The molecule has 0 aliphatic rings. The number of rotatable bonds is 5. The van der Waals surface area contributed by atoms with Gasteiger partial charge in [-0.05, 0) is 41.4 Å². The fourth-order valence-electron chi connectivity index (χ4n) is 2.61. The summed E-state index contributed by atoms with van der Waals surface area (Å²) in [7, 11) is 0. The van der Waals surface area contributed by atoms with E-state index in [1.165, 1.54) is 0 Å². The van der Waals surface area contributed by atoms with Crippen LogP contribution in [0.2, 0.25) is 0 Å². The number of benzene rings is 1. The molecule has 0 aliphatic carbocycles. The number of hydrogen-bond donors (Lipinski definition) is 1. The van der Waals surface area contributed by atoms with E-state index >= 15 is 0 Å². The van der Waals surface area contributed by atoms with Crippen molar-refractivity contribution in [1.82, 2.24) is 19.3 Å². The number of fused-ring (bicyclic) bond motifs is 1. The molecule has 0 atom stereocenters. The summed E-state index contributed by atoms with van der Waals surface area (Å²) in [5.74, 6) is 0.345. The van der Waals surface area contributed by atoms with Crippen LogP contribution < -0.4 is 5.32 Å². The topological polar surface area (TPSA) is 64.7 Å². The lowest BCUT2D eigenvalue weighted by atomic mass is 10.3. The molecule has 0 unspecified atom stereocenters. The molecule has 3 aromatic rings. The standard InChI is InChI=1S/C16H18BrN5O/c1-3-9-21-13-8-6-5-7-12(13)19-16(21)20-15(23)14-11(17)10-18-22(14)4-2/h5-8,10H,3-4,9H2,1-2H3,(H,19,20,23). The predicted molar refractivity (Wildman–Crippen MR) is 93.6 cm³/mol. The van der Waals surface area contributed by atoms with Crippen molar-refractivity contribution in [2.75, 3.05) is 5.32 Å². The summed E-state index contributed by atoms with van der Waals surface area (Å²) in [4.78, 5) is 17.2. The summed E-state index contributed by atoms with van der Waals surface area (Å²) in [6, 6.07) is 7.88. The number of aromatic nitrogens is 4.